The molecule has 1 amide bonds. The number of benzene rings is 2. The molecule has 2 aromatic carbocycles. The highest BCUT2D eigenvalue weighted by molar-refractivity contribution is 5.95. The Morgan fingerprint density at radius 1 is 0.966 bits per heavy atom. The number of amides is 1. The van der Waals surface area contributed by atoms with Crippen molar-refractivity contribution in [2.45, 2.75) is 19.4 Å². The molecule has 146 valence electrons. The SMILES string of the molecule is O=C(Oc1ccc(N2CCCC2=O)cc1)c1ccc(=O)n(Cc2ccccc2)n1. The summed E-state index contributed by atoms with van der Waals surface area (Å²) in [6.07, 6.45) is 1.40. The van der Waals surface area contributed by atoms with Crippen LogP contribution in [0.1, 0.15) is 28.9 Å². The van der Waals surface area contributed by atoms with Gasteiger partial charge in [0.05, 0.1) is 6.54 Å². The normalized spacial score (nSPS) is 13.5. The first-order valence-corrected chi connectivity index (χ1v) is 9.35. The largest absolute Gasteiger partial charge is 0.422 e. The lowest BCUT2D eigenvalue weighted by Gasteiger charge is -2.15. The highest BCUT2D eigenvalue weighted by Crippen LogP contribution is 2.24. The number of nitrogens with zero attached hydrogens (tertiary/aromatic N) is 3. The van der Waals surface area contributed by atoms with Crippen molar-refractivity contribution in [2.24, 2.45) is 0 Å². The van der Waals surface area contributed by atoms with E-state index in [9.17, 15) is 14.4 Å². The molecular formula is C22H19N3O4. The number of esters is 1. The Kier molecular flexibility index (Phi) is 5.20. The fraction of sp³-hybridized carbons (Fsp3) is 0.182. The highest BCUT2D eigenvalue weighted by atomic mass is 16.5. The van der Waals surface area contributed by atoms with Gasteiger partial charge in [-0.15, -0.1) is 0 Å². The zero-order chi connectivity index (χ0) is 20.2. The molecule has 0 radical (unpaired) electrons. The third-order valence-corrected chi connectivity index (χ3v) is 4.68. The average Bonchev–Trinajstić information content (AvgIpc) is 3.17. The number of carbonyl (C=O) groups excluding carboxylic acids is 2. The smallest absolute Gasteiger partial charge is 0.364 e. The number of ether oxygens (including phenoxy) is 1. The minimum absolute atomic E-state index is 0.0410. The number of carbonyl (C=O) groups is 2. The molecule has 0 saturated carbocycles. The second-order valence-electron chi connectivity index (χ2n) is 6.73. The molecule has 0 aliphatic carbocycles. The molecule has 1 saturated heterocycles. The van der Waals surface area contributed by atoms with Crippen molar-refractivity contribution in [3.63, 3.8) is 0 Å². The van der Waals surface area contributed by atoms with E-state index < -0.39 is 5.97 Å². The van der Waals surface area contributed by atoms with Crippen LogP contribution in [0.4, 0.5) is 5.69 Å². The van der Waals surface area contributed by atoms with Gasteiger partial charge in [-0.1, -0.05) is 30.3 Å². The predicted molar refractivity (Wildman–Crippen MR) is 107 cm³/mol. The van der Waals surface area contributed by atoms with Gasteiger partial charge in [-0.2, -0.15) is 5.10 Å². The van der Waals surface area contributed by atoms with Crippen LogP contribution in [0.15, 0.2) is 71.5 Å². The van der Waals surface area contributed by atoms with Gasteiger partial charge in [0, 0.05) is 24.7 Å². The van der Waals surface area contributed by atoms with E-state index in [0.717, 1.165) is 17.7 Å². The van der Waals surface area contributed by atoms with E-state index in [1.165, 1.54) is 16.8 Å². The summed E-state index contributed by atoms with van der Waals surface area (Å²) in [4.78, 5) is 38.1. The minimum Gasteiger partial charge on any atom is -0.422 e. The summed E-state index contributed by atoms with van der Waals surface area (Å²) in [5.41, 5.74) is 1.42. The monoisotopic (exact) mass is 389 g/mol. The fourth-order valence-corrected chi connectivity index (χ4v) is 3.20. The lowest BCUT2D eigenvalue weighted by atomic mass is 10.2. The Morgan fingerprint density at radius 2 is 1.72 bits per heavy atom. The van der Waals surface area contributed by atoms with E-state index >= 15 is 0 Å². The van der Waals surface area contributed by atoms with Gasteiger partial charge in [-0.25, -0.2) is 9.48 Å². The van der Waals surface area contributed by atoms with Gasteiger partial charge >= 0.3 is 5.97 Å². The Morgan fingerprint density at radius 3 is 2.41 bits per heavy atom. The molecule has 3 aromatic rings. The maximum atomic E-state index is 12.5. The van der Waals surface area contributed by atoms with Gasteiger partial charge in [-0.05, 0) is 42.3 Å². The summed E-state index contributed by atoms with van der Waals surface area (Å²) in [5.74, 6) is -0.218. The van der Waals surface area contributed by atoms with Crippen molar-refractivity contribution in [3.05, 3.63) is 88.3 Å². The molecule has 4 rings (SSSR count). The third-order valence-electron chi connectivity index (χ3n) is 4.68. The number of anilines is 1. The molecular weight excluding hydrogens is 370 g/mol. The maximum absolute atomic E-state index is 12.5. The molecule has 1 aliphatic heterocycles. The van der Waals surface area contributed by atoms with E-state index in [2.05, 4.69) is 5.10 Å². The fourth-order valence-electron chi connectivity index (χ4n) is 3.20. The number of hydrogen-bond donors (Lipinski definition) is 0. The zero-order valence-corrected chi connectivity index (χ0v) is 15.7. The Bertz CT molecular complexity index is 1090. The molecule has 7 heteroatoms. The second-order valence-corrected chi connectivity index (χ2v) is 6.73. The van der Waals surface area contributed by atoms with Crippen LogP contribution in [0.3, 0.4) is 0 Å². The van der Waals surface area contributed by atoms with Crippen LogP contribution in [0.25, 0.3) is 0 Å². The summed E-state index contributed by atoms with van der Waals surface area (Å²) >= 11 is 0. The predicted octanol–water partition coefficient (Wildman–Crippen LogP) is 2.64. The van der Waals surface area contributed by atoms with Crippen LogP contribution in [0.2, 0.25) is 0 Å². The van der Waals surface area contributed by atoms with Crippen LogP contribution in [-0.2, 0) is 11.3 Å². The van der Waals surface area contributed by atoms with Crippen molar-refractivity contribution in [2.75, 3.05) is 11.4 Å². The van der Waals surface area contributed by atoms with Gasteiger partial charge < -0.3 is 9.64 Å². The van der Waals surface area contributed by atoms with Crippen LogP contribution >= 0.6 is 0 Å². The summed E-state index contributed by atoms with van der Waals surface area (Å²) < 4.78 is 6.60. The van der Waals surface area contributed by atoms with Crippen molar-refractivity contribution in [1.82, 2.24) is 9.78 Å². The second kappa shape index (κ2) is 8.10. The molecule has 7 nitrogen and oxygen atoms in total. The molecule has 0 spiro atoms. The van der Waals surface area contributed by atoms with Gasteiger partial charge in [0.25, 0.3) is 5.56 Å². The van der Waals surface area contributed by atoms with Crippen molar-refractivity contribution < 1.29 is 14.3 Å². The molecule has 0 bridgehead atoms. The zero-order valence-electron chi connectivity index (χ0n) is 15.7. The summed E-state index contributed by atoms with van der Waals surface area (Å²) in [6.45, 7) is 0.962. The Balaban J connectivity index is 1.47. The lowest BCUT2D eigenvalue weighted by Crippen LogP contribution is -2.26. The Hall–Kier alpha value is -3.74. The van der Waals surface area contributed by atoms with Crippen LogP contribution < -0.4 is 15.2 Å². The van der Waals surface area contributed by atoms with E-state index in [-0.39, 0.29) is 23.7 Å². The summed E-state index contributed by atoms with van der Waals surface area (Å²) in [6, 6.07) is 18.8. The third kappa shape index (κ3) is 4.24. The Labute approximate surface area is 167 Å². The number of rotatable bonds is 5. The molecule has 29 heavy (non-hydrogen) atoms. The number of hydrogen-bond acceptors (Lipinski definition) is 5. The van der Waals surface area contributed by atoms with Gasteiger partial charge in [0.2, 0.25) is 5.91 Å². The van der Waals surface area contributed by atoms with Crippen molar-refractivity contribution in [3.8, 4) is 5.75 Å². The molecule has 0 unspecified atom stereocenters. The van der Waals surface area contributed by atoms with Gasteiger partial charge in [0.15, 0.2) is 5.69 Å². The highest BCUT2D eigenvalue weighted by Gasteiger charge is 2.21. The summed E-state index contributed by atoms with van der Waals surface area (Å²) in [5, 5.41) is 4.13. The topological polar surface area (TPSA) is 81.5 Å². The van der Waals surface area contributed by atoms with E-state index in [4.69, 9.17) is 4.74 Å². The molecule has 2 heterocycles. The van der Waals surface area contributed by atoms with Crippen LogP contribution in [0.5, 0.6) is 5.75 Å². The van der Waals surface area contributed by atoms with E-state index in [0.29, 0.717) is 18.7 Å². The average molecular weight is 389 g/mol. The molecule has 1 fully saturated rings. The maximum Gasteiger partial charge on any atom is 0.364 e. The lowest BCUT2D eigenvalue weighted by molar-refractivity contribution is -0.117. The first-order valence-electron chi connectivity index (χ1n) is 9.35. The first-order chi connectivity index (χ1) is 14.1. The van der Waals surface area contributed by atoms with E-state index in [1.807, 2.05) is 30.3 Å². The van der Waals surface area contributed by atoms with E-state index in [1.54, 1.807) is 29.2 Å². The molecule has 0 atom stereocenters. The first kappa shape index (κ1) is 18.6. The van der Waals surface area contributed by atoms with Crippen molar-refractivity contribution >= 4 is 17.6 Å². The number of aromatic nitrogens is 2. The quantitative estimate of drug-likeness (QED) is 0.495. The van der Waals surface area contributed by atoms with Crippen molar-refractivity contribution in [1.29, 1.82) is 0 Å². The van der Waals surface area contributed by atoms with Gasteiger partial charge in [-0.3, -0.25) is 9.59 Å². The molecule has 0 N–H and O–H groups in total. The minimum atomic E-state index is -0.656. The van der Waals surface area contributed by atoms with Gasteiger partial charge in [0.1, 0.15) is 5.75 Å². The van der Waals surface area contributed by atoms with Crippen LogP contribution in [-0.4, -0.2) is 28.2 Å². The van der Waals surface area contributed by atoms with Crippen LogP contribution in [0, 0.1) is 0 Å². The summed E-state index contributed by atoms with van der Waals surface area (Å²) in [7, 11) is 0. The standard InChI is InChI=1S/C22H19N3O4/c26-20-7-4-14-24(20)17-8-10-18(11-9-17)29-22(28)19-12-13-21(27)25(23-19)15-16-5-2-1-3-6-16/h1-3,5-6,8-13H,4,7,14-15H2. The molecule has 1 aliphatic rings. The molecule has 1 aromatic heterocycles.